The van der Waals surface area contributed by atoms with Gasteiger partial charge in [0.25, 0.3) is 5.91 Å². The predicted molar refractivity (Wildman–Crippen MR) is 131 cm³/mol. The summed E-state index contributed by atoms with van der Waals surface area (Å²) in [6.45, 7) is 5.88. The number of anilines is 1. The highest BCUT2D eigenvalue weighted by Gasteiger charge is 2.36. The summed E-state index contributed by atoms with van der Waals surface area (Å²) < 4.78 is 1.84. The number of hydrogen-bond donors (Lipinski definition) is 1. The van der Waals surface area contributed by atoms with Gasteiger partial charge < -0.3 is 10.2 Å². The number of carbonyl (C=O) groups excluding carboxylic acids is 1. The average Bonchev–Trinajstić information content (AvgIpc) is 3.29. The summed E-state index contributed by atoms with van der Waals surface area (Å²) in [6.07, 6.45) is 1.73. The Kier molecular flexibility index (Phi) is 6.15. The minimum atomic E-state index is -0.374. The van der Waals surface area contributed by atoms with Gasteiger partial charge in [0.2, 0.25) is 0 Å². The minimum absolute atomic E-state index is 0.0246. The van der Waals surface area contributed by atoms with Crippen molar-refractivity contribution in [1.82, 2.24) is 19.6 Å². The Bertz CT molecular complexity index is 1200. The van der Waals surface area contributed by atoms with Gasteiger partial charge >= 0.3 is 0 Å². The molecule has 0 spiro atoms. The molecule has 1 amide bonds. The van der Waals surface area contributed by atoms with E-state index in [2.05, 4.69) is 39.6 Å². The van der Waals surface area contributed by atoms with Crippen molar-refractivity contribution in [1.29, 1.82) is 0 Å². The van der Waals surface area contributed by atoms with E-state index in [4.69, 9.17) is 23.2 Å². The van der Waals surface area contributed by atoms with Crippen molar-refractivity contribution in [2.24, 2.45) is 0 Å². The van der Waals surface area contributed by atoms with Gasteiger partial charge in [0.15, 0.2) is 0 Å². The number of allylic oxidation sites excluding steroid dienone is 1. The monoisotopic (exact) mass is 481 g/mol. The number of benzene rings is 2. The van der Waals surface area contributed by atoms with E-state index >= 15 is 0 Å². The number of amides is 1. The standard InChI is InChI=1S/C25H25Cl2N5O/c1-17-23(25(33)31-13-11-30(12-14-31)16-18-5-3-2-4-6-18)24(32-22(29-17)9-10-28-32)19-7-8-20(26)21(27)15-19/h2-10,15,24,29H,11-14,16H2,1H3. The minimum Gasteiger partial charge on any atom is -0.344 e. The van der Waals surface area contributed by atoms with Crippen molar-refractivity contribution in [2.75, 3.05) is 31.5 Å². The first-order chi connectivity index (χ1) is 16.0. The number of hydrogen-bond acceptors (Lipinski definition) is 4. The molecule has 2 aromatic carbocycles. The number of rotatable bonds is 4. The van der Waals surface area contributed by atoms with Crippen LogP contribution < -0.4 is 5.32 Å². The SMILES string of the molecule is CC1=C(C(=O)N2CCN(Cc3ccccc3)CC2)C(c2ccc(Cl)c(Cl)c2)n2nccc2N1. The maximum absolute atomic E-state index is 13.8. The van der Waals surface area contributed by atoms with E-state index in [1.807, 2.05) is 40.8 Å². The third-order valence-electron chi connectivity index (χ3n) is 6.31. The van der Waals surface area contributed by atoms with Crippen LogP contribution in [0.2, 0.25) is 10.0 Å². The van der Waals surface area contributed by atoms with Crippen LogP contribution >= 0.6 is 23.2 Å². The first-order valence-corrected chi connectivity index (χ1v) is 11.8. The maximum atomic E-state index is 13.8. The van der Waals surface area contributed by atoms with E-state index in [-0.39, 0.29) is 11.9 Å². The Morgan fingerprint density at radius 2 is 1.79 bits per heavy atom. The van der Waals surface area contributed by atoms with E-state index in [0.29, 0.717) is 28.7 Å². The molecule has 0 bridgehead atoms. The van der Waals surface area contributed by atoms with Gasteiger partial charge in [0.05, 0.1) is 21.8 Å². The summed E-state index contributed by atoms with van der Waals surface area (Å²) in [5.74, 6) is 0.865. The van der Waals surface area contributed by atoms with E-state index < -0.39 is 0 Å². The van der Waals surface area contributed by atoms with Crippen LogP contribution in [0.1, 0.15) is 24.1 Å². The molecule has 1 unspecified atom stereocenters. The molecule has 1 atom stereocenters. The molecule has 8 heteroatoms. The molecule has 1 saturated heterocycles. The van der Waals surface area contributed by atoms with E-state index in [1.54, 1.807) is 12.3 Å². The lowest BCUT2D eigenvalue weighted by molar-refractivity contribution is -0.129. The second-order valence-corrected chi connectivity index (χ2v) is 9.27. The topological polar surface area (TPSA) is 53.4 Å². The maximum Gasteiger partial charge on any atom is 0.254 e. The summed E-state index contributed by atoms with van der Waals surface area (Å²) in [4.78, 5) is 18.1. The molecule has 33 heavy (non-hydrogen) atoms. The molecule has 3 heterocycles. The van der Waals surface area contributed by atoms with Gasteiger partial charge in [0.1, 0.15) is 11.9 Å². The third-order valence-corrected chi connectivity index (χ3v) is 7.05. The number of aromatic nitrogens is 2. The predicted octanol–water partition coefficient (Wildman–Crippen LogP) is 4.82. The number of nitrogens with zero attached hydrogens (tertiary/aromatic N) is 4. The second kappa shape index (κ2) is 9.21. The summed E-state index contributed by atoms with van der Waals surface area (Å²) in [6, 6.07) is 17.5. The molecule has 1 N–H and O–H groups in total. The van der Waals surface area contributed by atoms with Crippen molar-refractivity contribution in [3.8, 4) is 0 Å². The van der Waals surface area contributed by atoms with E-state index in [1.165, 1.54) is 5.56 Å². The van der Waals surface area contributed by atoms with Gasteiger partial charge in [0, 0.05) is 44.5 Å². The van der Waals surface area contributed by atoms with Crippen molar-refractivity contribution in [2.45, 2.75) is 19.5 Å². The van der Waals surface area contributed by atoms with Crippen LogP contribution in [0.4, 0.5) is 5.82 Å². The van der Waals surface area contributed by atoms with Crippen molar-refractivity contribution in [3.05, 3.63) is 93.2 Å². The fraction of sp³-hybridized carbons (Fsp3) is 0.280. The zero-order valence-electron chi connectivity index (χ0n) is 18.3. The van der Waals surface area contributed by atoms with Crippen LogP contribution in [0.25, 0.3) is 0 Å². The van der Waals surface area contributed by atoms with Crippen molar-refractivity contribution < 1.29 is 4.79 Å². The summed E-state index contributed by atoms with van der Waals surface area (Å²) >= 11 is 12.5. The molecule has 5 rings (SSSR count). The highest BCUT2D eigenvalue weighted by atomic mass is 35.5. The Hall–Kier alpha value is -2.80. The molecule has 3 aromatic rings. The van der Waals surface area contributed by atoms with E-state index in [9.17, 15) is 4.79 Å². The van der Waals surface area contributed by atoms with Gasteiger partial charge in [-0.15, -0.1) is 0 Å². The molecule has 2 aliphatic heterocycles. The first-order valence-electron chi connectivity index (χ1n) is 11.0. The number of piperazine rings is 1. The zero-order valence-corrected chi connectivity index (χ0v) is 19.9. The number of nitrogens with one attached hydrogen (secondary N) is 1. The quantitative estimate of drug-likeness (QED) is 0.579. The molecule has 2 aliphatic rings. The van der Waals surface area contributed by atoms with Crippen LogP contribution in [0.3, 0.4) is 0 Å². The third kappa shape index (κ3) is 4.38. The van der Waals surface area contributed by atoms with Gasteiger partial charge in [-0.05, 0) is 30.2 Å². The highest BCUT2D eigenvalue weighted by molar-refractivity contribution is 6.42. The smallest absolute Gasteiger partial charge is 0.254 e. The highest BCUT2D eigenvalue weighted by Crippen LogP contribution is 2.38. The molecule has 170 valence electrons. The van der Waals surface area contributed by atoms with Gasteiger partial charge in [-0.25, -0.2) is 4.68 Å². The summed E-state index contributed by atoms with van der Waals surface area (Å²) in [7, 11) is 0. The van der Waals surface area contributed by atoms with Crippen LogP contribution in [-0.4, -0.2) is 51.7 Å². The summed E-state index contributed by atoms with van der Waals surface area (Å²) in [5.41, 5.74) is 3.68. The van der Waals surface area contributed by atoms with Crippen LogP contribution in [0.5, 0.6) is 0 Å². The number of fused-ring (bicyclic) bond motifs is 1. The Morgan fingerprint density at radius 3 is 2.52 bits per heavy atom. The van der Waals surface area contributed by atoms with Crippen LogP contribution in [0.15, 0.2) is 72.1 Å². The summed E-state index contributed by atoms with van der Waals surface area (Å²) in [5, 5.41) is 8.79. The lowest BCUT2D eigenvalue weighted by Gasteiger charge is -2.38. The molecular weight excluding hydrogens is 457 g/mol. The van der Waals surface area contributed by atoms with Gasteiger partial charge in [-0.1, -0.05) is 59.6 Å². The first kappa shape index (κ1) is 22.0. The fourth-order valence-electron chi connectivity index (χ4n) is 4.59. The molecule has 0 aliphatic carbocycles. The Labute approximate surface area is 203 Å². The Balaban J connectivity index is 1.38. The van der Waals surface area contributed by atoms with Crippen molar-refractivity contribution in [3.63, 3.8) is 0 Å². The average molecular weight is 482 g/mol. The van der Waals surface area contributed by atoms with Crippen LogP contribution in [-0.2, 0) is 11.3 Å². The normalized spacial score (nSPS) is 18.8. The zero-order chi connectivity index (χ0) is 22.9. The Morgan fingerprint density at radius 1 is 1.03 bits per heavy atom. The molecular formula is C25H25Cl2N5O. The van der Waals surface area contributed by atoms with Crippen molar-refractivity contribution >= 4 is 34.9 Å². The second-order valence-electron chi connectivity index (χ2n) is 8.45. The fourth-order valence-corrected chi connectivity index (χ4v) is 4.90. The largest absolute Gasteiger partial charge is 0.344 e. The van der Waals surface area contributed by atoms with Crippen LogP contribution in [0, 0.1) is 0 Å². The number of carbonyl (C=O) groups is 1. The van der Waals surface area contributed by atoms with Gasteiger partial charge in [-0.3, -0.25) is 9.69 Å². The molecule has 0 radical (unpaired) electrons. The van der Waals surface area contributed by atoms with Gasteiger partial charge in [-0.2, -0.15) is 5.10 Å². The lowest BCUT2D eigenvalue weighted by Crippen LogP contribution is -2.49. The molecule has 1 fully saturated rings. The lowest BCUT2D eigenvalue weighted by atomic mass is 9.94. The molecule has 6 nitrogen and oxygen atoms in total. The molecule has 1 aromatic heterocycles. The number of halogens is 2. The molecule has 0 saturated carbocycles. The van der Waals surface area contributed by atoms with E-state index in [0.717, 1.165) is 36.7 Å².